The van der Waals surface area contributed by atoms with Gasteiger partial charge in [0.05, 0.1) is 9.49 Å². The molecule has 0 amide bonds. The fourth-order valence-electron chi connectivity index (χ4n) is 0.962. The molecule has 0 aromatic heterocycles. The van der Waals surface area contributed by atoms with E-state index in [-0.39, 0.29) is 19.5 Å². The maximum atomic E-state index is 11.6. The van der Waals surface area contributed by atoms with Gasteiger partial charge in [0, 0.05) is 13.1 Å². The van der Waals surface area contributed by atoms with Gasteiger partial charge in [-0.25, -0.2) is 8.42 Å². The highest BCUT2D eigenvalue weighted by atomic mass is 32.2. The van der Waals surface area contributed by atoms with E-state index in [9.17, 15) is 18.6 Å². The Kier molecular flexibility index (Phi) is 7.65. The van der Waals surface area contributed by atoms with Gasteiger partial charge in [0.2, 0.25) is 0 Å². The van der Waals surface area contributed by atoms with Crippen LogP contribution in [0.5, 0.6) is 0 Å². The number of hydrogen-bond acceptors (Lipinski definition) is 6. The van der Waals surface area contributed by atoms with Gasteiger partial charge in [-0.05, 0) is 45.9 Å². The van der Waals surface area contributed by atoms with Crippen molar-refractivity contribution in [1.29, 1.82) is 0 Å². The monoisotopic (exact) mass is 340 g/mol. The Morgan fingerprint density at radius 2 is 1.19 bits per heavy atom. The van der Waals surface area contributed by atoms with Crippen LogP contribution in [-0.4, -0.2) is 51.9 Å². The summed E-state index contributed by atoms with van der Waals surface area (Å²) in [4.78, 5) is 7.28. The normalized spacial score (nSPS) is 17.6. The second kappa shape index (κ2) is 7.97. The highest BCUT2D eigenvalue weighted by molar-refractivity contribution is 7.81. The summed E-state index contributed by atoms with van der Waals surface area (Å²) in [6.07, 6.45) is 0.278. The Hall–Kier alpha value is -0.840. The van der Waals surface area contributed by atoms with E-state index in [1.54, 1.807) is 0 Å². The molecule has 0 aromatic carbocycles. The van der Waals surface area contributed by atoms with Crippen LogP contribution in [0.3, 0.4) is 0 Å². The Labute approximate surface area is 129 Å². The molecular formula is C11H20N2O6S2-2. The molecule has 21 heavy (non-hydrogen) atoms. The van der Waals surface area contributed by atoms with Gasteiger partial charge in [-0.2, -0.15) is 0 Å². The summed E-state index contributed by atoms with van der Waals surface area (Å²) >= 11 is -4.64. The Balaban J connectivity index is 4.48. The van der Waals surface area contributed by atoms with E-state index < -0.39 is 43.5 Å². The van der Waals surface area contributed by atoms with Crippen LogP contribution in [0.15, 0.2) is 9.98 Å². The van der Waals surface area contributed by atoms with Crippen LogP contribution in [0.4, 0.5) is 0 Å². The first kappa shape index (κ1) is 20.2. The molecule has 0 spiro atoms. The van der Waals surface area contributed by atoms with Crippen molar-refractivity contribution >= 4 is 34.0 Å². The van der Waals surface area contributed by atoms with Gasteiger partial charge >= 0.3 is 0 Å². The van der Waals surface area contributed by atoms with E-state index in [1.165, 1.54) is 27.7 Å². The highest BCUT2D eigenvalue weighted by Gasteiger charge is 2.26. The fraction of sp³-hybridized carbons (Fsp3) is 0.818. The molecule has 0 rings (SSSR count). The average Bonchev–Trinajstić information content (AvgIpc) is 2.36. The van der Waals surface area contributed by atoms with Crippen LogP contribution in [0.1, 0.15) is 34.1 Å². The summed E-state index contributed by atoms with van der Waals surface area (Å²) in [5, 5.41) is 23.1. The van der Waals surface area contributed by atoms with Gasteiger partial charge in [-0.15, -0.1) is 0 Å². The molecule has 0 heterocycles. The van der Waals surface area contributed by atoms with Crippen molar-refractivity contribution in [3.8, 4) is 0 Å². The molecular weight excluding hydrogens is 320 g/mol. The molecule has 0 aromatic rings. The van der Waals surface area contributed by atoms with Crippen LogP contribution in [0.2, 0.25) is 0 Å². The first-order valence-electron chi connectivity index (χ1n) is 6.09. The topological polar surface area (TPSA) is 145 Å². The third kappa shape index (κ3) is 5.81. The minimum atomic E-state index is -2.32. The maximum absolute atomic E-state index is 11.6. The molecule has 0 bridgehead atoms. The van der Waals surface area contributed by atoms with E-state index in [0.29, 0.717) is 0 Å². The summed E-state index contributed by atoms with van der Waals surface area (Å²) in [6, 6.07) is 0. The molecule has 0 aliphatic rings. The molecule has 10 heteroatoms. The van der Waals surface area contributed by atoms with Gasteiger partial charge in [0.25, 0.3) is 0 Å². The highest BCUT2D eigenvalue weighted by Crippen LogP contribution is 2.12. The van der Waals surface area contributed by atoms with Crippen molar-refractivity contribution in [1.82, 2.24) is 0 Å². The minimum absolute atomic E-state index is 0.0545. The summed E-state index contributed by atoms with van der Waals surface area (Å²) in [5.41, 5.74) is 0. The van der Waals surface area contributed by atoms with Crippen molar-refractivity contribution in [3.63, 3.8) is 0 Å². The lowest BCUT2D eigenvalue weighted by molar-refractivity contribution is -0.221. The van der Waals surface area contributed by atoms with Gasteiger partial charge in [0.15, 0.2) is 22.2 Å². The molecule has 124 valence electrons. The summed E-state index contributed by atoms with van der Waals surface area (Å²) in [5.74, 6) is -1.40. The van der Waals surface area contributed by atoms with Gasteiger partial charge < -0.3 is 29.3 Å². The van der Waals surface area contributed by atoms with Crippen LogP contribution >= 0.6 is 0 Å². The largest absolute Gasteiger partial charge is 0.861 e. The van der Waals surface area contributed by atoms with Crippen LogP contribution < -0.4 is 10.2 Å². The second-order valence-electron chi connectivity index (χ2n) is 5.25. The van der Waals surface area contributed by atoms with E-state index >= 15 is 0 Å². The second-order valence-corrected chi connectivity index (χ2v) is 8.28. The zero-order chi connectivity index (χ0) is 16.8. The third-order valence-corrected chi connectivity index (χ3v) is 4.83. The molecule has 0 radical (unpaired) electrons. The van der Waals surface area contributed by atoms with E-state index in [0.717, 1.165) is 0 Å². The Morgan fingerprint density at radius 3 is 1.43 bits per heavy atom. The van der Waals surface area contributed by atoms with Crippen molar-refractivity contribution in [2.24, 2.45) is 9.98 Å². The predicted octanol–water partition coefficient (Wildman–Crippen LogP) is -1.11. The summed E-state index contributed by atoms with van der Waals surface area (Å²) in [7, 11) is 0. The summed E-state index contributed by atoms with van der Waals surface area (Å²) in [6.45, 7) is 5.34. The van der Waals surface area contributed by atoms with Gasteiger partial charge in [0.1, 0.15) is 0 Å². The number of nitrogens with zero attached hydrogens (tertiary/aromatic N) is 2. The maximum Gasteiger partial charge on any atom is 0.163 e. The lowest BCUT2D eigenvalue weighted by Gasteiger charge is -2.27. The smallest absolute Gasteiger partial charge is 0.163 e. The fourth-order valence-corrected chi connectivity index (χ4v) is 1.39. The minimum Gasteiger partial charge on any atom is -0.861 e. The summed E-state index contributed by atoms with van der Waals surface area (Å²) < 4.78 is 36.8. The quantitative estimate of drug-likeness (QED) is 0.248. The zero-order valence-electron chi connectivity index (χ0n) is 12.4. The molecule has 0 aliphatic heterocycles. The molecule has 0 saturated heterocycles. The van der Waals surface area contributed by atoms with Crippen LogP contribution in [-0.2, 0) is 22.2 Å². The number of hydrogen-bond donors (Lipinski definition) is 2. The van der Waals surface area contributed by atoms with E-state index in [1.807, 2.05) is 0 Å². The average molecular weight is 340 g/mol. The lowest BCUT2D eigenvalue weighted by atomic mass is 10.2. The molecule has 0 fully saturated rings. The third-order valence-electron chi connectivity index (χ3n) is 2.73. The van der Waals surface area contributed by atoms with Gasteiger partial charge in [-0.1, -0.05) is 0 Å². The van der Waals surface area contributed by atoms with E-state index in [4.69, 9.17) is 9.11 Å². The molecule has 2 N–H and O–H groups in total. The SMILES string of the molecule is CC(C)(C([O-])=NCCCN=C([O-])C(C)(C)S(=O)O)S(=O)O. The van der Waals surface area contributed by atoms with Gasteiger partial charge in [-0.3, -0.25) is 0 Å². The molecule has 0 aliphatic carbocycles. The van der Waals surface area contributed by atoms with E-state index in [2.05, 4.69) is 9.98 Å². The van der Waals surface area contributed by atoms with Crippen molar-refractivity contribution in [3.05, 3.63) is 0 Å². The zero-order valence-corrected chi connectivity index (χ0v) is 14.0. The predicted molar refractivity (Wildman–Crippen MR) is 78.9 cm³/mol. The number of aliphatic imine (C=N–C) groups is 2. The first-order chi connectivity index (χ1) is 9.44. The van der Waals surface area contributed by atoms with Crippen LogP contribution in [0, 0.1) is 0 Å². The Morgan fingerprint density at radius 1 is 0.905 bits per heavy atom. The Bertz CT molecular complexity index is 431. The van der Waals surface area contributed by atoms with Crippen molar-refractivity contribution in [2.75, 3.05) is 13.1 Å². The molecule has 2 unspecified atom stereocenters. The molecule has 0 saturated carbocycles. The van der Waals surface area contributed by atoms with Crippen molar-refractivity contribution < 1.29 is 27.7 Å². The lowest BCUT2D eigenvalue weighted by Crippen LogP contribution is -2.45. The molecule has 2 atom stereocenters. The first-order valence-corrected chi connectivity index (χ1v) is 8.31. The number of rotatable bonds is 8. The standard InChI is InChI=1S/C11H22N2O6S2/c1-10(2,20(16)17)8(14)12-6-5-7-13-9(15)11(3,4)21(18)19/h5-7H2,1-4H3,(H,12,14)(H,13,15)(H,16,17)(H,18,19)/p-2. The molecule has 8 nitrogen and oxygen atoms in total. The van der Waals surface area contributed by atoms with Crippen molar-refractivity contribution in [2.45, 2.75) is 43.6 Å². The van der Waals surface area contributed by atoms with Crippen LogP contribution in [0.25, 0.3) is 0 Å².